The summed E-state index contributed by atoms with van der Waals surface area (Å²) in [7, 11) is 0. The Balaban J connectivity index is 5.23. The maximum absolute atomic E-state index is 13.6. The van der Waals surface area contributed by atoms with Crippen molar-refractivity contribution in [2.75, 3.05) is 31.3 Å². The molecule has 0 aliphatic rings. The molecule has 0 saturated heterocycles. The van der Waals surface area contributed by atoms with Gasteiger partial charge in [-0.1, -0.05) is 0 Å². The van der Waals surface area contributed by atoms with E-state index in [1.54, 1.807) is 0 Å². The van der Waals surface area contributed by atoms with E-state index in [1.807, 2.05) is 5.32 Å². The quantitative estimate of drug-likeness (QED) is 0.196. The molecule has 0 fully saturated rings. The van der Waals surface area contributed by atoms with Crippen molar-refractivity contribution in [2.45, 2.75) is 54.2 Å². The van der Waals surface area contributed by atoms with Crippen LogP contribution >= 0.6 is 11.8 Å². The lowest BCUT2D eigenvalue weighted by atomic mass is 9.93. The minimum absolute atomic E-state index is 0.179. The molecular formula is C15H18F13NO4S. The average Bonchev–Trinajstić information content (AvgIpc) is 2.70. The van der Waals surface area contributed by atoms with Gasteiger partial charge in [-0.3, -0.25) is 4.79 Å². The van der Waals surface area contributed by atoms with Gasteiger partial charge in [-0.15, -0.1) is 0 Å². The Morgan fingerprint density at radius 3 is 1.44 bits per heavy atom. The number of nitrogens with one attached hydrogen (secondary N) is 1. The molecule has 34 heavy (non-hydrogen) atoms. The van der Waals surface area contributed by atoms with E-state index >= 15 is 0 Å². The number of thioether (sulfide) groups is 1. The van der Waals surface area contributed by atoms with Gasteiger partial charge in [0.2, 0.25) is 5.91 Å². The zero-order valence-electron chi connectivity index (χ0n) is 16.5. The van der Waals surface area contributed by atoms with Crippen molar-refractivity contribution in [1.82, 2.24) is 5.32 Å². The number of carbonyl (C=O) groups excluding carboxylic acids is 1. The molecule has 5 nitrogen and oxygen atoms in total. The Hall–Kier alpha value is -1.21. The summed E-state index contributed by atoms with van der Waals surface area (Å²) in [5, 5.41) is 29.0. The smallest absolute Gasteiger partial charge is 0.394 e. The number of aliphatic hydroxyl groups excluding tert-OH is 3. The van der Waals surface area contributed by atoms with E-state index in [0.29, 0.717) is 0 Å². The number of amides is 1. The van der Waals surface area contributed by atoms with Crippen LogP contribution < -0.4 is 5.32 Å². The molecule has 0 heterocycles. The molecule has 0 unspecified atom stereocenters. The number of aliphatic hydroxyl groups is 3. The van der Waals surface area contributed by atoms with E-state index in [1.165, 1.54) is 0 Å². The van der Waals surface area contributed by atoms with Crippen LogP contribution in [0.15, 0.2) is 0 Å². The first-order valence-corrected chi connectivity index (χ1v) is 9.86. The third-order valence-corrected chi connectivity index (χ3v) is 5.33. The highest BCUT2D eigenvalue weighted by Crippen LogP contribution is 2.60. The summed E-state index contributed by atoms with van der Waals surface area (Å²) in [5.74, 6) is -39.9. The summed E-state index contributed by atoms with van der Waals surface area (Å²) in [6.45, 7) is -2.81. The van der Waals surface area contributed by atoms with Crippen LogP contribution in [0.25, 0.3) is 0 Å². The molecule has 1 amide bonds. The van der Waals surface area contributed by atoms with Crippen molar-refractivity contribution in [1.29, 1.82) is 0 Å². The zero-order chi connectivity index (χ0) is 27.4. The van der Waals surface area contributed by atoms with Gasteiger partial charge in [-0.25, -0.2) is 0 Å². The lowest BCUT2D eigenvalue weighted by Crippen LogP contribution is -2.70. The Morgan fingerprint density at radius 2 is 1.06 bits per heavy atom. The average molecular weight is 555 g/mol. The van der Waals surface area contributed by atoms with Crippen LogP contribution in [0.1, 0.15) is 12.8 Å². The Bertz CT molecular complexity index is 675. The molecule has 204 valence electrons. The maximum Gasteiger partial charge on any atom is 0.460 e. The third kappa shape index (κ3) is 6.13. The summed E-state index contributed by atoms with van der Waals surface area (Å²) in [4.78, 5) is 11.6. The third-order valence-electron chi connectivity index (χ3n) is 4.34. The Labute approximate surface area is 186 Å². The molecular weight excluding hydrogens is 537 g/mol. The topological polar surface area (TPSA) is 89.8 Å². The summed E-state index contributed by atoms with van der Waals surface area (Å²) in [5.41, 5.74) is -1.87. The molecule has 0 aliphatic heterocycles. The van der Waals surface area contributed by atoms with Crippen molar-refractivity contribution >= 4 is 17.7 Å². The molecule has 0 atom stereocenters. The second kappa shape index (κ2) is 10.8. The molecule has 0 aromatic carbocycles. The van der Waals surface area contributed by atoms with Gasteiger partial charge in [0.25, 0.3) is 0 Å². The molecule has 0 saturated carbocycles. The number of hydrogen-bond donors (Lipinski definition) is 4. The van der Waals surface area contributed by atoms with Gasteiger partial charge in [-0.2, -0.15) is 68.8 Å². The minimum Gasteiger partial charge on any atom is -0.394 e. The maximum atomic E-state index is 13.6. The predicted molar refractivity (Wildman–Crippen MR) is 89.5 cm³/mol. The van der Waals surface area contributed by atoms with Gasteiger partial charge in [0.1, 0.15) is 5.54 Å². The van der Waals surface area contributed by atoms with Gasteiger partial charge < -0.3 is 20.6 Å². The second-order valence-corrected chi connectivity index (χ2v) is 8.14. The number of alkyl halides is 13. The number of rotatable bonds is 14. The minimum atomic E-state index is -7.95. The van der Waals surface area contributed by atoms with Gasteiger partial charge >= 0.3 is 35.8 Å². The summed E-state index contributed by atoms with van der Waals surface area (Å²) >= 11 is 0.179. The van der Waals surface area contributed by atoms with Crippen molar-refractivity contribution in [2.24, 2.45) is 0 Å². The second-order valence-electron chi connectivity index (χ2n) is 6.92. The first kappa shape index (κ1) is 32.8. The molecule has 4 N–H and O–H groups in total. The van der Waals surface area contributed by atoms with Gasteiger partial charge in [-0.05, 0) is 5.75 Å². The fourth-order valence-corrected chi connectivity index (χ4v) is 2.99. The molecule has 0 aromatic rings. The van der Waals surface area contributed by atoms with E-state index in [-0.39, 0.29) is 11.8 Å². The van der Waals surface area contributed by atoms with Crippen molar-refractivity contribution in [3.05, 3.63) is 0 Å². The van der Waals surface area contributed by atoms with E-state index in [4.69, 9.17) is 15.3 Å². The van der Waals surface area contributed by atoms with Crippen LogP contribution in [0, 0.1) is 0 Å². The first-order chi connectivity index (χ1) is 15.0. The zero-order valence-corrected chi connectivity index (χ0v) is 17.3. The van der Waals surface area contributed by atoms with Crippen molar-refractivity contribution < 1.29 is 77.2 Å². The van der Waals surface area contributed by atoms with Gasteiger partial charge in [0.05, 0.1) is 19.8 Å². The summed E-state index contributed by atoms with van der Waals surface area (Å²) in [6, 6.07) is 0. The molecule has 19 heteroatoms. The van der Waals surface area contributed by atoms with Crippen LogP contribution in [-0.2, 0) is 4.79 Å². The number of halogens is 13. The van der Waals surface area contributed by atoms with Crippen LogP contribution in [-0.4, -0.2) is 93.9 Å². The van der Waals surface area contributed by atoms with Crippen molar-refractivity contribution in [3.63, 3.8) is 0 Å². The van der Waals surface area contributed by atoms with Gasteiger partial charge in [0.15, 0.2) is 0 Å². The van der Waals surface area contributed by atoms with E-state index < -0.39 is 91.4 Å². The first-order valence-electron chi connectivity index (χ1n) is 8.70. The highest BCUT2D eigenvalue weighted by molar-refractivity contribution is 7.99. The van der Waals surface area contributed by atoms with Crippen molar-refractivity contribution in [3.8, 4) is 0 Å². The predicted octanol–water partition coefficient (Wildman–Crippen LogP) is 3.07. The fraction of sp³-hybridized carbons (Fsp3) is 0.933. The molecule has 0 aliphatic carbocycles. The molecule has 0 radical (unpaired) electrons. The number of hydrogen-bond acceptors (Lipinski definition) is 5. The Morgan fingerprint density at radius 1 is 0.647 bits per heavy atom. The van der Waals surface area contributed by atoms with E-state index in [0.717, 1.165) is 0 Å². The van der Waals surface area contributed by atoms with Crippen LogP contribution in [0.3, 0.4) is 0 Å². The molecule has 0 bridgehead atoms. The van der Waals surface area contributed by atoms with E-state index in [9.17, 15) is 61.9 Å². The Kier molecular flexibility index (Phi) is 10.4. The van der Waals surface area contributed by atoms with Gasteiger partial charge in [0, 0.05) is 18.6 Å². The lowest BCUT2D eigenvalue weighted by molar-refractivity contribution is -0.439. The summed E-state index contributed by atoms with van der Waals surface area (Å²) < 4.78 is 169. The SMILES string of the molecule is O=C(CCSCCC(F)(F)C(F)(F)C(F)(F)C(F)(F)C(F)(F)C(F)(F)F)NC(CO)(CO)CO. The largest absolute Gasteiger partial charge is 0.460 e. The fourth-order valence-electron chi connectivity index (χ4n) is 2.05. The normalized spacial score (nSPS) is 14.9. The molecule has 0 aromatic heterocycles. The molecule has 0 spiro atoms. The van der Waals surface area contributed by atoms with Crippen LogP contribution in [0.4, 0.5) is 57.1 Å². The summed E-state index contributed by atoms with van der Waals surface area (Å²) in [6.07, 6.45) is -10.5. The van der Waals surface area contributed by atoms with Crippen LogP contribution in [0.5, 0.6) is 0 Å². The van der Waals surface area contributed by atoms with Crippen LogP contribution in [0.2, 0.25) is 0 Å². The molecule has 0 rings (SSSR count). The van der Waals surface area contributed by atoms with E-state index in [2.05, 4.69) is 0 Å². The highest BCUT2D eigenvalue weighted by atomic mass is 32.2. The lowest BCUT2D eigenvalue weighted by Gasteiger charge is -2.39. The number of carbonyl (C=O) groups is 1. The standard InChI is InChI=1S/C15H18F13NO4S/c16-10(17,2-4-34-3-1-8(33)29-9(5-30,6-31)7-32)11(18,19)12(20,21)13(22,23)14(24,25)15(26,27)28/h30-32H,1-7H2,(H,29,33). The highest BCUT2D eigenvalue weighted by Gasteiger charge is 2.90. The monoisotopic (exact) mass is 555 g/mol.